The van der Waals surface area contributed by atoms with Crippen LogP contribution in [0.4, 0.5) is 0 Å². The summed E-state index contributed by atoms with van der Waals surface area (Å²) in [5.41, 5.74) is 1.27. The molecule has 0 unspecified atom stereocenters. The third-order valence-corrected chi connectivity index (χ3v) is 8.44. The molecule has 0 bridgehead atoms. The SMILES string of the molecule is Cc1cc(OCOC2CCCCC2)ccc1-[s+]1c2ccccc2c2ccccc21. The number of thiophene rings is 1. The van der Waals surface area contributed by atoms with E-state index in [0.29, 0.717) is 12.9 Å². The largest absolute Gasteiger partial charge is 0.468 e. The summed E-state index contributed by atoms with van der Waals surface area (Å²) in [6, 6.07) is 24.1. The predicted octanol–water partition coefficient (Wildman–Crippen LogP) is 7.73. The Hall–Kier alpha value is -2.36. The summed E-state index contributed by atoms with van der Waals surface area (Å²) in [6.45, 7) is 2.54. The Morgan fingerprint density at radius 2 is 1.48 bits per heavy atom. The van der Waals surface area contributed by atoms with Crippen molar-refractivity contribution >= 4 is 30.6 Å². The van der Waals surface area contributed by atoms with E-state index in [1.807, 2.05) is 0 Å². The maximum absolute atomic E-state index is 5.93. The molecule has 1 heterocycles. The van der Waals surface area contributed by atoms with Gasteiger partial charge in [-0.1, -0.05) is 43.5 Å². The van der Waals surface area contributed by atoms with Crippen LogP contribution >= 0.6 is 10.5 Å². The lowest BCUT2D eigenvalue weighted by molar-refractivity contribution is -0.0497. The third kappa shape index (κ3) is 3.65. The first-order chi connectivity index (χ1) is 14.3. The lowest BCUT2D eigenvalue weighted by Crippen LogP contribution is -2.19. The van der Waals surface area contributed by atoms with E-state index in [1.165, 1.54) is 62.7 Å². The van der Waals surface area contributed by atoms with Crippen molar-refractivity contribution < 1.29 is 9.47 Å². The van der Waals surface area contributed by atoms with Crippen molar-refractivity contribution in [3.63, 3.8) is 0 Å². The highest BCUT2D eigenvalue weighted by molar-refractivity contribution is 7.50. The number of aryl methyl sites for hydroxylation is 1. The van der Waals surface area contributed by atoms with E-state index in [9.17, 15) is 0 Å². The fourth-order valence-corrected chi connectivity index (χ4v) is 6.98. The Kier molecular flexibility index (Phi) is 5.26. The molecule has 2 nitrogen and oxygen atoms in total. The average molecular weight is 404 g/mol. The van der Waals surface area contributed by atoms with E-state index < -0.39 is 0 Å². The van der Waals surface area contributed by atoms with Crippen LogP contribution in [0.25, 0.3) is 25.1 Å². The van der Waals surface area contributed by atoms with Gasteiger partial charge in [0.25, 0.3) is 0 Å². The van der Waals surface area contributed by atoms with Crippen LogP contribution in [-0.2, 0) is 4.74 Å². The van der Waals surface area contributed by atoms with Gasteiger partial charge in [0, 0.05) is 32.9 Å². The molecule has 5 rings (SSSR count). The van der Waals surface area contributed by atoms with Gasteiger partial charge in [-0.15, -0.1) is 0 Å². The summed E-state index contributed by atoms with van der Waals surface area (Å²) in [7, 11) is -0.0568. The first-order valence-electron chi connectivity index (χ1n) is 10.6. The molecule has 3 heteroatoms. The Balaban J connectivity index is 1.43. The lowest BCUT2D eigenvalue weighted by atomic mass is 9.98. The molecule has 1 fully saturated rings. The summed E-state index contributed by atoms with van der Waals surface area (Å²) in [6.07, 6.45) is 6.62. The number of fused-ring (bicyclic) bond motifs is 3. The van der Waals surface area contributed by atoms with E-state index in [1.54, 1.807) is 0 Å². The normalized spacial score (nSPS) is 15.2. The smallest absolute Gasteiger partial charge is 0.189 e. The van der Waals surface area contributed by atoms with Crippen molar-refractivity contribution in [3.8, 4) is 10.6 Å². The van der Waals surface area contributed by atoms with Crippen molar-refractivity contribution in [1.29, 1.82) is 0 Å². The van der Waals surface area contributed by atoms with Crippen LogP contribution < -0.4 is 4.74 Å². The minimum atomic E-state index is -0.0568. The zero-order valence-electron chi connectivity index (χ0n) is 16.9. The molecule has 0 N–H and O–H groups in total. The molecular weight excluding hydrogens is 376 g/mol. The molecule has 1 saturated carbocycles. The quantitative estimate of drug-likeness (QED) is 0.251. The molecule has 1 aliphatic carbocycles. The van der Waals surface area contributed by atoms with Gasteiger partial charge in [0.15, 0.2) is 21.1 Å². The van der Waals surface area contributed by atoms with Crippen molar-refractivity contribution in [2.75, 3.05) is 6.79 Å². The molecule has 0 amide bonds. The van der Waals surface area contributed by atoms with Crippen molar-refractivity contribution in [2.45, 2.75) is 45.1 Å². The second kappa shape index (κ2) is 8.17. The number of hydrogen-bond acceptors (Lipinski definition) is 2. The first-order valence-corrected chi connectivity index (χ1v) is 11.8. The van der Waals surface area contributed by atoms with Gasteiger partial charge in [0.1, 0.15) is 5.75 Å². The Bertz CT molecular complexity index is 1080. The van der Waals surface area contributed by atoms with Crippen LogP contribution in [-0.4, -0.2) is 12.9 Å². The molecule has 0 saturated heterocycles. The summed E-state index contributed by atoms with van der Waals surface area (Å²) < 4.78 is 14.7. The maximum atomic E-state index is 5.93. The van der Waals surface area contributed by atoms with Gasteiger partial charge in [0.05, 0.1) is 6.10 Å². The fraction of sp³-hybridized carbons (Fsp3) is 0.308. The van der Waals surface area contributed by atoms with Crippen molar-refractivity contribution in [2.24, 2.45) is 0 Å². The number of benzene rings is 3. The Morgan fingerprint density at radius 3 is 2.14 bits per heavy atom. The van der Waals surface area contributed by atoms with Gasteiger partial charge in [-0.3, -0.25) is 0 Å². The van der Waals surface area contributed by atoms with Gasteiger partial charge in [-0.2, -0.15) is 0 Å². The summed E-state index contributed by atoms with van der Waals surface area (Å²) in [4.78, 5) is 1.38. The molecule has 29 heavy (non-hydrogen) atoms. The van der Waals surface area contributed by atoms with E-state index in [2.05, 4.69) is 73.7 Å². The number of ether oxygens (including phenoxy) is 2. The fourth-order valence-electron chi connectivity index (χ4n) is 4.46. The van der Waals surface area contributed by atoms with E-state index in [-0.39, 0.29) is 10.5 Å². The summed E-state index contributed by atoms with van der Waals surface area (Å²) in [5, 5.41) is 2.74. The number of hydrogen-bond donors (Lipinski definition) is 0. The monoisotopic (exact) mass is 403 g/mol. The minimum Gasteiger partial charge on any atom is -0.468 e. The second-order valence-electron chi connectivity index (χ2n) is 7.91. The minimum absolute atomic E-state index is 0.0568. The molecule has 1 aromatic heterocycles. The van der Waals surface area contributed by atoms with Gasteiger partial charge in [-0.25, -0.2) is 0 Å². The van der Waals surface area contributed by atoms with Crippen molar-refractivity contribution in [1.82, 2.24) is 0 Å². The molecule has 0 spiro atoms. The zero-order valence-corrected chi connectivity index (χ0v) is 17.7. The van der Waals surface area contributed by atoms with Crippen LogP contribution in [0.3, 0.4) is 0 Å². The molecule has 0 radical (unpaired) electrons. The summed E-state index contributed by atoms with van der Waals surface area (Å²) in [5.74, 6) is 0.895. The first kappa shape index (κ1) is 18.7. The highest BCUT2D eigenvalue weighted by Gasteiger charge is 2.24. The van der Waals surface area contributed by atoms with E-state index in [0.717, 1.165) is 5.75 Å². The topological polar surface area (TPSA) is 18.5 Å². The molecule has 0 atom stereocenters. The Morgan fingerprint density at radius 1 is 0.828 bits per heavy atom. The van der Waals surface area contributed by atoms with E-state index >= 15 is 0 Å². The van der Waals surface area contributed by atoms with E-state index in [4.69, 9.17) is 9.47 Å². The van der Waals surface area contributed by atoms with Crippen molar-refractivity contribution in [3.05, 3.63) is 72.3 Å². The Labute approximate surface area is 175 Å². The standard InChI is InChI=1S/C26H27O2S/c1-19-17-21(28-18-27-20-9-3-2-4-10-20)15-16-24(19)29-25-13-7-5-11-22(25)23-12-6-8-14-26(23)29/h5-8,11-17,20H,2-4,9-10,18H2,1H3/q+1. The van der Waals surface area contributed by atoms with Gasteiger partial charge in [0.2, 0.25) is 0 Å². The predicted molar refractivity (Wildman–Crippen MR) is 123 cm³/mol. The molecule has 1 aliphatic rings. The van der Waals surface area contributed by atoms with Crippen LogP contribution in [0.5, 0.6) is 5.75 Å². The van der Waals surface area contributed by atoms with Crippen LogP contribution in [0.1, 0.15) is 37.7 Å². The van der Waals surface area contributed by atoms with Crippen LogP contribution in [0.15, 0.2) is 66.7 Å². The van der Waals surface area contributed by atoms with Crippen LogP contribution in [0.2, 0.25) is 0 Å². The molecular formula is C26H27O2S+. The lowest BCUT2D eigenvalue weighted by Gasteiger charge is -2.21. The third-order valence-electron chi connectivity index (χ3n) is 5.95. The molecule has 3 aromatic carbocycles. The number of rotatable bonds is 5. The summed E-state index contributed by atoms with van der Waals surface area (Å²) >= 11 is 0. The van der Waals surface area contributed by atoms with Gasteiger partial charge in [-0.05, 0) is 56.2 Å². The molecule has 0 aliphatic heterocycles. The molecule has 4 aromatic rings. The molecule has 148 valence electrons. The maximum Gasteiger partial charge on any atom is 0.189 e. The second-order valence-corrected chi connectivity index (χ2v) is 9.85. The highest BCUT2D eigenvalue weighted by atomic mass is 32.2. The van der Waals surface area contributed by atoms with Gasteiger partial charge < -0.3 is 9.47 Å². The zero-order chi connectivity index (χ0) is 19.6. The highest BCUT2D eigenvalue weighted by Crippen LogP contribution is 2.49. The van der Waals surface area contributed by atoms with Crippen LogP contribution in [0, 0.1) is 6.92 Å². The van der Waals surface area contributed by atoms with Gasteiger partial charge >= 0.3 is 0 Å². The average Bonchev–Trinajstić information content (AvgIpc) is 3.09.